The van der Waals surface area contributed by atoms with E-state index in [1.807, 2.05) is 12.1 Å². The van der Waals surface area contributed by atoms with Crippen LogP contribution in [0.3, 0.4) is 0 Å². The Morgan fingerprint density at radius 1 is 1.21 bits per heavy atom. The number of hydrogen-bond acceptors (Lipinski definition) is 2. The number of nitrogens with one attached hydrogen (secondary N) is 1. The van der Waals surface area contributed by atoms with Gasteiger partial charge in [-0.05, 0) is 30.9 Å². The van der Waals surface area contributed by atoms with E-state index in [0.29, 0.717) is 6.04 Å². The second kappa shape index (κ2) is 5.79. The lowest BCUT2D eigenvalue weighted by Crippen LogP contribution is -2.37. The Bertz CT molecular complexity index is 498. The zero-order valence-corrected chi connectivity index (χ0v) is 11.7. The van der Waals surface area contributed by atoms with Crippen molar-refractivity contribution < 1.29 is 4.42 Å². The van der Waals surface area contributed by atoms with Gasteiger partial charge in [0.2, 0.25) is 0 Å². The molecule has 1 aromatic heterocycles. The summed E-state index contributed by atoms with van der Waals surface area (Å²) in [6.07, 6.45) is 6.76. The average molecular weight is 257 g/mol. The van der Waals surface area contributed by atoms with Crippen LogP contribution in [0.15, 0.2) is 34.7 Å². The predicted octanol–water partition coefficient (Wildman–Crippen LogP) is 4.49. The van der Waals surface area contributed by atoms with Gasteiger partial charge in [0, 0.05) is 11.4 Å². The molecule has 0 saturated heterocycles. The SMILES string of the molecule is CCC1CCCCC1NCc1cc2ccccc2o1. The molecule has 2 atom stereocenters. The van der Waals surface area contributed by atoms with Gasteiger partial charge in [0.1, 0.15) is 11.3 Å². The van der Waals surface area contributed by atoms with Crippen molar-refractivity contribution >= 4 is 11.0 Å². The van der Waals surface area contributed by atoms with E-state index in [1.165, 1.54) is 37.5 Å². The molecule has 1 aliphatic rings. The third-order valence-corrected chi connectivity index (χ3v) is 4.45. The highest BCUT2D eigenvalue weighted by atomic mass is 16.3. The van der Waals surface area contributed by atoms with Crippen molar-refractivity contribution in [1.29, 1.82) is 0 Å². The first kappa shape index (κ1) is 12.7. The molecule has 1 saturated carbocycles. The van der Waals surface area contributed by atoms with Gasteiger partial charge in [-0.3, -0.25) is 0 Å². The summed E-state index contributed by atoms with van der Waals surface area (Å²) in [6.45, 7) is 3.17. The molecule has 1 heterocycles. The van der Waals surface area contributed by atoms with Crippen LogP contribution in [0.2, 0.25) is 0 Å². The number of furan rings is 1. The van der Waals surface area contributed by atoms with Crippen LogP contribution in [0, 0.1) is 5.92 Å². The quantitative estimate of drug-likeness (QED) is 0.873. The molecule has 2 nitrogen and oxygen atoms in total. The number of fused-ring (bicyclic) bond motifs is 1. The highest BCUT2D eigenvalue weighted by Gasteiger charge is 2.23. The number of rotatable bonds is 4. The molecule has 0 radical (unpaired) electrons. The van der Waals surface area contributed by atoms with Crippen LogP contribution in [-0.2, 0) is 6.54 Å². The minimum Gasteiger partial charge on any atom is -0.460 e. The van der Waals surface area contributed by atoms with Crippen molar-refractivity contribution in [3.05, 3.63) is 36.1 Å². The van der Waals surface area contributed by atoms with Crippen LogP contribution < -0.4 is 5.32 Å². The summed E-state index contributed by atoms with van der Waals surface area (Å²) in [5.41, 5.74) is 0.995. The number of para-hydroxylation sites is 1. The molecule has 1 fully saturated rings. The molecule has 0 bridgehead atoms. The minimum atomic E-state index is 0.673. The Kier molecular flexibility index (Phi) is 3.88. The van der Waals surface area contributed by atoms with E-state index in [4.69, 9.17) is 4.42 Å². The van der Waals surface area contributed by atoms with Gasteiger partial charge in [-0.15, -0.1) is 0 Å². The van der Waals surface area contributed by atoms with Gasteiger partial charge in [-0.2, -0.15) is 0 Å². The first-order valence-corrected chi connectivity index (χ1v) is 7.57. The van der Waals surface area contributed by atoms with E-state index in [1.54, 1.807) is 0 Å². The molecule has 1 aliphatic carbocycles. The summed E-state index contributed by atoms with van der Waals surface area (Å²) >= 11 is 0. The van der Waals surface area contributed by atoms with E-state index in [9.17, 15) is 0 Å². The fourth-order valence-corrected chi connectivity index (χ4v) is 3.32. The van der Waals surface area contributed by atoms with Crippen molar-refractivity contribution in [2.75, 3.05) is 0 Å². The third kappa shape index (κ3) is 2.84. The maximum absolute atomic E-state index is 5.87. The van der Waals surface area contributed by atoms with E-state index in [2.05, 4.69) is 30.4 Å². The molecule has 102 valence electrons. The lowest BCUT2D eigenvalue weighted by Gasteiger charge is -2.31. The van der Waals surface area contributed by atoms with Crippen LogP contribution in [-0.4, -0.2) is 6.04 Å². The fourth-order valence-electron chi connectivity index (χ4n) is 3.32. The molecule has 0 amide bonds. The van der Waals surface area contributed by atoms with E-state index in [-0.39, 0.29) is 0 Å². The van der Waals surface area contributed by atoms with Crippen molar-refractivity contribution in [2.24, 2.45) is 5.92 Å². The van der Waals surface area contributed by atoms with Crippen molar-refractivity contribution in [3.8, 4) is 0 Å². The Morgan fingerprint density at radius 2 is 2.05 bits per heavy atom. The third-order valence-electron chi connectivity index (χ3n) is 4.45. The topological polar surface area (TPSA) is 25.2 Å². The van der Waals surface area contributed by atoms with Gasteiger partial charge >= 0.3 is 0 Å². The summed E-state index contributed by atoms with van der Waals surface area (Å²) in [4.78, 5) is 0. The lowest BCUT2D eigenvalue weighted by atomic mass is 9.83. The average Bonchev–Trinajstić information content (AvgIpc) is 2.88. The standard InChI is InChI=1S/C17H23NO/c1-2-13-7-3-5-9-16(13)18-12-15-11-14-8-4-6-10-17(14)19-15/h4,6,8,10-11,13,16,18H,2-3,5,7,9,12H2,1H3. The minimum absolute atomic E-state index is 0.673. The van der Waals surface area contributed by atoms with Gasteiger partial charge in [0.25, 0.3) is 0 Å². The molecule has 3 rings (SSSR count). The van der Waals surface area contributed by atoms with E-state index in [0.717, 1.165) is 23.8 Å². The molecular formula is C17H23NO. The molecule has 19 heavy (non-hydrogen) atoms. The van der Waals surface area contributed by atoms with Crippen LogP contribution in [0.4, 0.5) is 0 Å². The molecule has 0 spiro atoms. The summed E-state index contributed by atoms with van der Waals surface area (Å²) < 4.78 is 5.87. The highest BCUT2D eigenvalue weighted by molar-refractivity contribution is 5.77. The monoisotopic (exact) mass is 257 g/mol. The maximum Gasteiger partial charge on any atom is 0.134 e. The maximum atomic E-state index is 5.87. The summed E-state index contributed by atoms with van der Waals surface area (Å²) in [5.74, 6) is 1.90. The largest absolute Gasteiger partial charge is 0.460 e. The summed E-state index contributed by atoms with van der Waals surface area (Å²) in [6, 6.07) is 11.1. The van der Waals surface area contributed by atoms with Gasteiger partial charge in [0.05, 0.1) is 6.54 Å². The van der Waals surface area contributed by atoms with Gasteiger partial charge in [0.15, 0.2) is 0 Å². The van der Waals surface area contributed by atoms with E-state index >= 15 is 0 Å². The Hall–Kier alpha value is -1.28. The smallest absolute Gasteiger partial charge is 0.134 e. The normalized spacial score (nSPS) is 23.8. The Balaban J connectivity index is 1.64. The zero-order valence-electron chi connectivity index (χ0n) is 11.7. The molecule has 2 heteroatoms. The lowest BCUT2D eigenvalue weighted by molar-refractivity contribution is 0.250. The van der Waals surface area contributed by atoms with Gasteiger partial charge in [-0.25, -0.2) is 0 Å². The number of hydrogen-bond donors (Lipinski definition) is 1. The first-order chi connectivity index (χ1) is 9.36. The second-order valence-electron chi connectivity index (χ2n) is 5.69. The van der Waals surface area contributed by atoms with Gasteiger partial charge in [-0.1, -0.05) is 44.4 Å². The fraction of sp³-hybridized carbons (Fsp3) is 0.529. The summed E-state index contributed by atoms with van der Waals surface area (Å²) in [7, 11) is 0. The summed E-state index contributed by atoms with van der Waals surface area (Å²) in [5, 5.41) is 4.91. The van der Waals surface area contributed by atoms with Gasteiger partial charge < -0.3 is 9.73 Å². The Labute approximate surface area is 115 Å². The van der Waals surface area contributed by atoms with Crippen molar-refractivity contribution in [2.45, 2.75) is 51.6 Å². The molecular weight excluding hydrogens is 234 g/mol. The zero-order chi connectivity index (χ0) is 13.1. The molecule has 2 aromatic rings. The van der Waals surface area contributed by atoms with E-state index < -0.39 is 0 Å². The second-order valence-corrected chi connectivity index (χ2v) is 5.69. The predicted molar refractivity (Wildman–Crippen MR) is 79.1 cm³/mol. The van der Waals surface area contributed by atoms with Crippen LogP contribution in [0.5, 0.6) is 0 Å². The van der Waals surface area contributed by atoms with Crippen LogP contribution in [0.25, 0.3) is 11.0 Å². The highest BCUT2D eigenvalue weighted by Crippen LogP contribution is 2.27. The molecule has 1 N–H and O–H groups in total. The van der Waals surface area contributed by atoms with Crippen LogP contribution in [0.1, 0.15) is 44.8 Å². The van der Waals surface area contributed by atoms with Crippen LogP contribution >= 0.6 is 0 Å². The first-order valence-electron chi connectivity index (χ1n) is 7.57. The Morgan fingerprint density at radius 3 is 2.89 bits per heavy atom. The van der Waals surface area contributed by atoms with Crippen molar-refractivity contribution in [1.82, 2.24) is 5.32 Å². The molecule has 1 aromatic carbocycles. The molecule has 0 aliphatic heterocycles. The van der Waals surface area contributed by atoms with Crippen molar-refractivity contribution in [3.63, 3.8) is 0 Å². The number of benzene rings is 1. The molecule has 2 unspecified atom stereocenters.